The summed E-state index contributed by atoms with van der Waals surface area (Å²) in [4.78, 5) is 4.01. The molecule has 0 rings (SSSR count). The molecular formula is C11H22N2O2. The third-order valence-electron chi connectivity index (χ3n) is 2.28. The number of aliphatic imine (C=N–C) groups is 1. The van der Waals surface area contributed by atoms with Crippen LogP contribution in [0.2, 0.25) is 0 Å². The monoisotopic (exact) mass is 214 g/mol. The van der Waals surface area contributed by atoms with Gasteiger partial charge >= 0.3 is 0 Å². The molecule has 0 atom stereocenters. The van der Waals surface area contributed by atoms with Gasteiger partial charge in [0, 0.05) is 19.9 Å². The Morgan fingerprint density at radius 2 is 1.60 bits per heavy atom. The number of nitrogens with one attached hydrogen (secondary N) is 1. The summed E-state index contributed by atoms with van der Waals surface area (Å²) in [6.07, 6.45) is 6.06. The third-order valence-corrected chi connectivity index (χ3v) is 2.28. The number of methoxy groups -OCH3 is 2. The lowest BCUT2D eigenvalue weighted by Gasteiger charge is -2.04. The first-order chi connectivity index (χ1) is 7.24. The van der Waals surface area contributed by atoms with E-state index < -0.39 is 0 Å². The van der Waals surface area contributed by atoms with E-state index in [4.69, 9.17) is 14.9 Å². The molecule has 0 unspecified atom stereocenters. The Labute approximate surface area is 92.2 Å². The quantitative estimate of drug-likeness (QED) is 0.402. The van der Waals surface area contributed by atoms with Gasteiger partial charge in [0.25, 0.3) is 0 Å². The zero-order valence-corrected chi connectivity index (χ0v) is 10.0. The molecule has 0 aliphatic carbocycles. The molecule has 0 aliphatic rings. The molecule has 0 saturated carbocycles. The van der Waals surface area contributed by atoms with Gasteiger partial charge in [0.05, 0.1) is 14.2 Å². The Hall–Kier alpha value is -1.06. The van der Waals surface area contributed by atoms with Crippen LogP contribution in [0.15, 0.2) is 4.99 Å². The Balaban J connectivity index is 3.28. The van der Waals surface area contributed by atoms with Crippen LogP contribution >= 0.6 is 0 Å². The number of nitrogens with zero attached hydrogens (tertiary/aromatic N) is 1. The molecule has 0 amide bonds. The smallest absolute Gasteiger partial charge is 0.182 e. The molecule has 0 aromatic rings. The summed E-state index contributed by atoms with van der Waals surface area (Å²) in [5, 5.41) is 7.28. The summed E-state index contributed by atoms with van der Waals surface area (Å²) < 4.78 is 9.83. The number of rotatable bonds is 7. The van der Waals surface area contributed by atoms with Crippen LogP contribution in [0, 0.1) is 5.41 Å². The zero-order valence-electron chi connectivity index (χ0n) is 10.0. The predicted molar refractivity (Wildman–Crippen MR) is 62.8 cm³/mol. The van der Waals surface area contributed by atoms with Crippen LogP contribution in [-0.2, 0) is 9.47 Å². The normalized spacial score (nSPS) is 11.3. The van der Waals surface area contributed by atoms with E-state index in [1.807, 2.05) is 0 Å². The SMILES string of the molecule is C/N=C(\CCCCCCC(=N)OC)OC. The van der Waals surface area contributed by atoms with E-state index in [9.17, 15) is 0 Å². The van der Waals surface area contributed by atoms with Crippen molar-refractivity contribution < 1.29 is 9.47 Å². The van der Waals surface area contributed by atoms with Crippen molar-refractivity contribution in [3.05, 3.63) is 0 Å². The van der Waals surface area contributed by atoms with Crippen molar-refractivity contribution in [2.45, 2.75) is 38.5 Å². The first-order valence-corrected chi connectivity index (χ1v) is 5.35. The summed E-state index contributed by atoms with van der Waals surface area (Å²) in [6, 6.07) is 0. The number of hydrogen-bond donors (Lipinski definition) is 1. The average Bonchev–Trinajstić information content (AvgIpc) is 2.28. The minimum absolute atomic E-state index is 0.378. The fraction of sp³-hybridized carbons (Fsp3) is 0.818. The van der Waals surface area contributed by atoms with Crippen molar-refractivity contribution in [2.24, 2.45) is 4.99 Å². The molecule has 4 heteroatoms. The van der Waals surface area contributed by atoms with E-state index in [2.05, 4.69) is 4.99 Å². The van der Waals surface area contributed by atoms with Gasteiger partial charge in [0.2, 0.25) is 0 Å². The van der Waals surface area contributed by atoms with Crippen LogP contribution < -0.4 is 0 Å². The highest BCUT2D eigenvalue weighted by Gasteiger charge is 1.98. The van der Waals surface area contributed by atoms with Crippen LogP contribution in [0.4, 0.5) is 0 Å². The van der Waals surface area contributed by atoms with Gasteiger partial charge in [-0.25, -0.2) is 0 Å². The van der Waals surface area contributed by atoms with Gasteiger partial charge in [-0.3, -0.25) is 10.4 Å². The minimum Gasteiger partial charge on any atom is -0.484 e. The molecule has 4 nitrogen and oxygen atoms in total. The molecule has 0 saturated heterocycles. The molecular weight excluding hydrogens is 192 g/mol. The largest absolute Gasteiger partial charge is 0.484 e. The van der Waals surface area contributed by atoms with Crippen LogP contribution in [-0.4, -0.2) is 33.1 Å². The van der Waals surface area contributed by atoms with Crippen molar-refractivity contribution in [3.8, 4) is 0 Å². The summed E-state index contributed by atoms with van der Waals surface area (Å²) in [5.74, 6) is 1.20. The standard InChI is InChI=1S/C11H22N2O2/c1-13-11(15-3)9-7-5-4-6-8-10(12)14-2/h12H,4-9H2,1-3H3/b12-10?,13-11+. The van der Waals surface area contributed by atoms with E-state index in [0.717, 1.165) is 44.4 Å². The van der Waals surface area contributed by atoms with E-state index in [1.54, 1.807) is 21.3 Å². The summed E-state index contributed by atoms with van der Waals surface area (Å²) >= 11 is 0. The molecule has 1 N–H and O–H groups in total. The maximum atomic E-state index is 7.28. The fourth-order valence-corrected chi connectivity index (χ4v) is 1.32. The maximum absolute atomic E-state index is 7.28. The van der Waals surface area contributed by atoms with E-state index >= 15 is 0 Å². The first-order valence-electron chi connectivity index (χ1n) is 5.35. The maximum Gasteiger partial charge on any atom is 0.182 e. The molecule has 0 spiro atoms. The number of ether oxygens (including phenoxy) is 2. The highest BCUT2D eigenvalue weighted by Crippen LogP contribution is 2.07. The lowest BCUT2D eigenvalue weighted by molar-refractivity contribution is 0.380. The molecule has 0 fully saturated rings. The van der Waals surface area contributed by atoms with Gasteiger partial charge in [0.1, 0.15) is 0 Å². The summed E-state index contributed by atoms with van der Waals surface area (Å²) in [5.41, 5.74) is 0. The molecule has 0 aliphatic heterocycles. The lowest BCUT2D eigenvalue weighted by Crippen LogP contribution is -2.01. The zero-order chi connectivity index (χ0) is 11.5. The molecule has 0 aromatic carbocycles. The fourth-order valence-electron chi connectivity index (χ4n) is 1.32. The van der Waals surface area contributed by atoms with Gasteiger partial charge in [0.15, 0.2) is 11.8 Å². The third kappa shape index (κ3) is 7.97. The summed E-state index contributed by atoms with van der Waals surface area (Å²) in [6.45, 7) is 0. The highest BCUT2D eigenvalue weighted by molar-refractivity contribution is 5.75. The second kappa shape index (κ2) is 9.49. The van der Waals surface area contributed by atoms with Crippen molar-refractivity contribution >= 4 is 11.8 Å². The predicted octanol–water partition coefficient (Wildman–Crippen LogP) is 2.63. The molecule has 0 bridgehead atoms. The van der Waals surface area contributed by atoms with Gasteiger partial charge in [-0.2, -0.15) is 0 Å². The lowest BCUT2D eigenvalue weighted by atomic mass is 10.1. The Bertz CT molecular complexity index is 203. The van der Waals surface area contributed by atoms with Crippen LogP contribution in [0.3, 0.4) is 0 Å². The van der Waals surface area contributed by atoms with Gasteiger partial charge in [-0.15, -0.1) is 0 Å². The number of unbranched alkanes of at least 4 members (excludes halogenated alkanes) is 3. The van der Waals surface area contributed by atoms with Crippen LogP contribution in [0.1, 0.15) is 38.5 Å². The minimum atomic E-state index is 0.378. The second-order valence-corrected chi connectivity index (χ2v) is 3.36. The molecule has 15 heavy (non-hydrogen) atoms. The molecule has 0 aromatic heterocycles. The van der Waals surface area contributed by atoms with Crippen molar-refractivity contribution in [1.82, 2.24) is 0 Å². The van der Waals surface area contributed by atoms with Gasteiger partial charge in [-0.1, -0.05) is 12.8 Å². The number of hydrogen-bond acceptors (Lipinski definition) is 4. The topological polar surface area (TPSA) is 54.7 Å². The van der Waals surface area contributed by atoms with Crippen molar-refractivity contribution in [1.29, 1.82) is 5.41 Å². The molecule has 88 valence electrons. The Kier molecular flexibility index (Phi) is 8.82. The van der Waals surface area contributed by atoms with Crippen molar-refractivity contribution in [3.63, 3.8) is 0 Å². The Morgan fingerprint density at radius 1 is 1.00 bits per heavy atom. The second-order valence-electron chi connectivity index (χ2n) is 3.36. The Morgan fingerprint density at radius 3 is 2.07 bits per heavy atom. The van der Waals surface area contributed by atoms with Gasteiger partial charge < -0.3 is 9.47 Å². The molecule has 0 heterocycles. The van der Waals surface area contributed by atoms with Crippen LogP contribution in [0.25, 0.3) is 0 Å². The van der Waals surface area contributed by atoms with Crippen LogP contribution in [0.5, 0.6) is 0 Å². The van der Waals surface area contributed by atoms with Gasteiger partial charge in [-0.05, 0) is 12.8 Å². The van der Waals surface area contributed by atoms with Crippen molar-refractivity contribution in [2.75, 3.05) is 21.3 Å². The first kappa shape index (κ1) is 13.9. The van der Waals surface area contributed by atoms with E-state index in [-0.39, 0.29) is 0 Å². The molecule has 0 radical (unpaired) electrons. The highest BCUT2D eigenvalue weighted by atomic mass is 16.5. The van der Waals surface area contributed by atoms with E-state index in [0.29, 0.717) is 5.90 Å². The van der Waals surface area contributed by atoms with E-state index in [1.165, 1.54) is 0 Å². The average molecular weight is 214 g/mol. The summed E-state index contributed by atoms with van der Waals surface area (Å²) in [7, 11) is 4.95.